The summed E-state index contributed by atoms with van der Waals surface area (Å²) >= 11 is 5.59. The fourth-order valence-electron chi connectivity index (χ4n) is 3.49. The lowest BCUT2D eigenvalue weighted by Gasteiger charge is -2.25. The van der Waals surface area contributed by atoms with Crippen molar-refractivity contribution in [2.75, 3.05) is 13.1 Å². The monoisotopic (exact) mass is 407 g/mol. The average molecular weight is 408 g/mol. The molecule has 0 spiro atoms. The highest BCUT2D eigenvalue weighted by molar-refractivity contribution is 7.80. The van der Waals surface area contributed by atoms with E-state index in [1.807, 2.05) is 19.1 Å². The van der Waals surface area contributed by atoms with Crippen molar-refractivity contribution in [3.05, 3.63) is 80.6 Å². The van der Waals surface area contributed by atoms with Gasteiger partial charge in [0.25, 0.3) is 5.56 Å². The first-order chi connectivity index (χ1) is 13.9. The molecule has 0 amide bonds. The van der Waals surface area contributed by atoms with Gasteiger partial charge in [-0.05, 0) is 86.6 Å². The van der Waals surface area contributed by atoms with Crippen LogP contribution in [0.4, 0.5) is 0 Å². The number of thiocarbonyl (C=S) groups is 1. The second kappa shape index (κ2) is 9.23. The minimum atomic E-state index is -0.0550. The Kier molecular flexibility index (Phi) is 6.70. The highest BCUT2D eigenvalue weighted by Crippen LogP contribution is 2.18. The van der Waals surface area contributed by atoms with Gasteiger partial charge in [0.05, 0.1) is 6.54 Å². The summed E-state index contributed by atoms with van der Waals surface area (Å²) < 4.78 is 0. The predicted octanol–water partition coefficient (Wildman–Crippen LogP) is 4.39. The molecule has 1 aromatic heterocycles. The first-order valence-corrected chi connectivity index (χ1v) is 10.5. The Morgan fingerprint density at radius 1 is 1.10 bits per heavy atom. The zero-order chi connectivity index (χ0) is 21.0. The lowest BCUT2D eigenvalue weighted by atomic mass is 10.0. The van der Waals surface area contributed by atoms with Crippen molar-refractivity contribution in [1.29, 1.82) is 0 Å². The Morgan fingerprint density at radius 2 is 1.86 bits per heavy atom. The molecule has 3 rings (SSSR count). The Labute approximate surface area is 178 Å². The smallest absolute Gasteiger partial charge is 0.253 e. The fourth-order valence-corrected chi connectivity index (χ4v) is 3.79. The van der Waals surface area contributed by atoms with Crippen LogP contribution in [0.1, 0.15) is 34.7 Å². The van der Waals surface area contributed by atoms with Gasteiger partial charge in [0.15, 0.2) is 5.11 Å². The third-order valence-corrected chi connectivity index (χ3v) is 5.67. The van der Waals surface area contributed by atoms with Gasteiger partial charge in [-0.15, -0.1) is 0 Å². The summed E-state index contributed by atoms with van der Waals surface area (Å²) in [6, 6.07) is 14.7. The van der Waals surface area contributed by atoms with E-state index in [9.17, 15) is 4.79 Å². The van der Waals surface area contributed by atoms with E-state index in [2.05, 4.69) is 66.3 Å². The number of nitrogens with one attached hydrogen (secondary N) is 2. The van der Waals surface area contributed by atoms with E-state index in [4.69, 9.17) is 12.2 Å². The number of aryl methyl sites for hydroxylation is 3. The Balaban J connectivity index is 1.86. The number of nitrogens with zero attached hydrogens (tertiary/aromatic N) is 1. The number of hydrogen-bond donors (Lipinski definition) is 2. The molecule has 0 aliphatic carbocycles. The normalized spacial score (nSPS) is 10.9. The standard InChI is InChI=1S/C24H29N3OS/c1-5-25-24(29)27(10-9-19-8-6-7-16(2)11-19)15-21-14-20-12-17(3)18(4)13-22(20)26-23(21)28/h6-8,11-14H,5,9-10,15H2,1-4H3,(H,25,29)(H,26,28). The Hall–Kier alpha value is -2.66. The summed E-state index contributed by atoms with van der Waals surface area (Å²) in [5.41, 5.74) is 6.46. The molecule has 4 nitrogen and oxygen atoms in total. The van der Waals surface area contributed by atoms with Crippen LogP contribution in [0.2, 0.25) is 0 Å². The highest BCUT2D eigenvalue weighted by Gasteiger charge is 2.13. The maximum atomic E-state index is 12.7. The minimum absolute atomic E-state index is 0.0550. The minimum Gasteiger partial charge on any atom is -0.363 e. The molecule has 0 saturated carbocycles. The van der Waals surface area contributed by atoms with Gasteiger partial charge in [-0.2, -0.15) is 0 Å². The molecule has 0 bridgehead atoms. The van der Waals surface area contributed by atoms with Crippen molar-refractivity contribution in [1.82, 2.24) is 15.2 Å². The van der Waals surface area contributed by atoms with Crippen LogP contribution in [0.15, 0.2) is 47.3 Å². The number of rotatable bonds is 6. The van der Waals surface area contributed by atoms with Crippen LogP contribution in [0.5, 0.6) is 0 Å². The molecular formula is C24H29N3OS. The summed E-state index contributed by atoms with van der Waals surface area (Å²) in [4.78, 5) is 17.8. The van der Waals surface area contributed by atoms with E-state index in [0.29, 0.717) is 11.7 Å². The van der Waals surface area contributed by atoms with Crippen molar-refractivity contribution in [3.8, 4) is 0 Å². The third-order valence-electron chi connectivity index (χ3n) is 5.26. The van der Waals surface area contributed by atoms with Gasteiger partial charge in [-0.3, -0.25) is 4.79 Å². The van der Waals surface area contributed by atoms with Crippen LogP contribution in [-0.4, -0.2) is 28.1 Å². The topological polar surface area (TPSA) is 48.1 Å². The van der Waals surface area contributed by atoms with Gasteiger partial charge in [0, 0.05) is 24.2 Å². The van der Waals surface area contributed by atoms with E-state index in [-0.39, 0.29) is 5.56 Å². The summed E-state index contributed by atoms with van der Waals surface area (Å²) in [7, 11) is 0. The zero-order valence-corrected chi connectivity index (χ0v) is 18.5. The molecule has 3 aromatic rings. The Bertz CT molecular complexity index is 1090. The molecule has 0 saturated heterocycles. The quantitative estimate of drug-likeness (QED) is 0.595. The molecule has 1 heterocycles. The first-order valence-electron chi connectivity index (χ1n) is 10.1. The van der Waals surface area contributed by atoms with Gasteiger partial charge < -0.3 is 15.2 Å². The van der Waals surface area contributed by atoms with Crippen molar-refractivity contribution < 1.29 is 0 Å². The highest BCUT2D eigenvalue weighted by atomic mass is 32.1. The molecule has 0 aliphatic rings. The maximum Gasteiger partial charge on any atom is 0.253 e. The number of hydrogen-bond acceptors (Lipinski definition) is 2. The number of H-pyrrole nitrogens is 1. The predicted molar refractivity (Wildman–Crippen MR) is 126 cm³/mol. The summed E-state index contributed by atoms with van der Waals surface area (Å²) in [6.45, 7) is 10.3. The summed E-state index contributed by atoms with van der Waals surface area (Å²) in [5.74, 6) is 0. The van der Waals surface area contributed by atoms with E-state index in [1.165, 1.54) is 22.3 Å². The fraction of sp³-hybridized carbons (Fsp3) is 0.333. The van der Waals surface area contributed by atoms with Gasteiger partial charge in [0.1, 0.15) is 0 Å². The number of pyridine rings is 1. The lowest BCUT2D eigenvalue weighted by Crippen LogP contribution is -2.41. The van der Waals surface area contributed by atoms with Crippen LogP contribution in [0, 0.1) is 20.8 Å². The zero-order valence-electron chi connectivity index (χ0n) is 17.6. The van der Waals surface area contributed by atoms with E-state index in [1.54, 1.807) is 0 Å². The van der Waals surface area contributed by atoms with E-state index >= 15 is 0 Å². The molecule has 152 valence electrons. The molecule has 0 aliphatic heterocycles. The average Bonchev–Trinajstić information content (AvgIpc) is 2.67. The van der Waals surface area contributed by atoms with Crippen LogP contribution in [0.25, 0.3) is 10.9 Å². The summed E-state index contributed by atoms with van der Waals surface area (Å²) in [5, 5.41) is 4.96. The van der Waals surface area contributed by atoms with E-state index in [0.717, 1.165) is 36.0 Å². The third kappa shape index (κ3) is 5.24. The SMILES string of the molecule is CCNC(=S)N(CCc1cccc(C)c1)Cc1cc2cc(C)c(C)cc2[nH]c1=O. The van der Waals surface area contributed by atoms with Crippen molar-refractivity contribution in [2.24, 2.45) is 0 Å². The first kappa shape index (κ1) is 21.1. The summed E-state index contributed by atoms with van der Waals surface area (Å²) in [6.07, 6.45) is 0.872. The van der Waals surface area contributed by atoms with E-state index < -0.39 is 0 Å². The maximum absolute atomic E-state index is 12.7. The lowest BCUT2D eigenvalue weighted by molar-refractivity contribution is 0.409. The van der Waals surface area contributed by atoms with Crippen molar-refractivity contribution in [3.63, 3.8) is 0 Å². The second-order valence-electron chi connectivity index (χ2n) is 7.64. The van der Waals surface area contributed by atoms with Crippen molar-refractivity contribution in [2.45, 2.75) is 40.7 Å². The van der Waals surface area contributed by atoms with Crippen LogP contribution in [-0.2, 0) is 13.0 Å². The number of aromatic amines is 1. The van der Waals surface area contributed by atoms with Gasteiger partial charge in [0.2, 0.25) is 0 Å². The Morgan fingerprint density at radius 3 is 2.59 bits per heavy atom. The van der Waals surface area contributed by atoms with Gasteiger partial charge in [-0.25, -0.2) is 0 Å². The van der Waals surface area contributed by atoms with Crippen LogP contribution >= 0.6 is 12.2 Å². The molecule has 2 aromatic carbocycles. The molecule has 0 unspecified atom stereocenters. The molecule has 0 atom stereocenters. The molecular weight excluding hydrogens is 378 g/mol. The largest absolute Gasteiger partial charge is 0.363 e. The number of benzene rings is 2. The van der Waals surface area contributed by atoms with Crippen molar-refractivity contribution >= 4 is 28.2 Å². The molecule has 2 N–H and O–H groups in total. The van der Waals surface area contributed by atoms with Gasteiger partial charge in [-0.1, -0.05) is 29.8 Å². The number of fused-ring (bicyclic) bond motifs is 1. The molecule has 29 heavy (non-hydrogen) atoms. The molecule has 0 fully saturated rings. The second-order valence-corrected chi connectivity index (χ2v) is 8.03. The van der Waals surface area contributed by atoms with Crippen LogP contribution < -0.4 is 10.9 Å². The molecule has 0 radical (unpaired) electrons. The number of aromatic nitrogens is 1. The van der Waals surface area contributed by atoms with Crippen LogP contribution in [0.3, 0.4) is 0 Å². The molecule has 5 heteroatoms. The van der Waals surface area contributed by atoms with Gasteiger partial charge >= 0.3 is 0 Å².